The van der Waals surface area contributed by atoms with E-state index in [1.165, 1.54) is 0 Å². The second kappa shape index (κ2) is 3.59. The Balaban J connectivity index is 3.02. The van der Waals surface area contributed by atoms with Crippen LogP contribution in [0.2, 0.25) is 0 Å². The molecule has 2 aromatic carbocycles. The van der Waals surface area contributed by atoms with E-state index in [0.29, 0.717) is 15.2 Å². The van der Waals surface area contributed by atoms with Gasteiger partial charge in [0.2, 0.25) is 0 Å². The van der Waals surface area contributed by atoms with Crippen LogP contribution in [0.15, 0.2) is 33.2 Å². The summed E-state index contributed by atoms with van der Waals surface area (Å²) in [5, 5.41) is 0.914. The quantitative estimate of drug-likeness (QED) is 0.620. The molecule has 0 amide bonds. The summed E-state index contributed by atoms with van der Waals surface area (Å²) in [4.78, 5) is 0. The zero-order chi connectivity index (χ0) is 10.3. The predicted molar refractivity (Wildman–Crippen MR) is 59.3 cm³/mol. The molecule has 0 saturated heterocycles. The first-order chi connectivity index (χ1) is 6.61. The van der Waals surface area contributed by atoms with Gasteiger partial charge < -0.3 is 0 Å². The van der Waals surface area contributed by atoms with Crippen molar-refractivity contribution in [1.82, 2.24) is 0 Å². The van der Waals surface area contributed by atoms with Gasteiger partial charge in [-0.1, -0.05) is 28.1 Å². The first-order valence-electron chi connectivity index (χ1n) is 3.83. The van der Waals surface area contributed by atoms with Crippen molar-refractivity contribution < 1.29 is 8.78 Å². The molecule has 14 heavy (non-hydrogen) atoms. The highest BCUT2D eigenvalue weighted by Gasteiger charge is 2.11. The summed E-state index contributed by atoms with van der Waals surface area (Å²) in [5.74, 6) is -1.15. The van der Waals surface area contributed by atoms with E-state index >= 15 is 0 Å². The average Bonchev–Trinajstić information content (AvgIpc) is 2.14. The van der Waals surface area contributed by atoms with Gasteiger partial charge in [0.1, 0.15) is 11.6 Å². The fourth-order valence-corrected chi connectivity index (χ4v) is 2.33. The van der Waals surface area contributed by atoms with Crippen molar-refractivity contribution in [3.63, 3.8) is 0 Å². The fourth-order valence-electron chi connectivity index (χ4n) is 1.33. The van der Waals surface area contributed by atoms with Gasteiger partial charge in [-0.3, -0.25) is 0 Å². The summed E-state index contributed by atoms with van der Waals surface area (Å²) in [6.07, 6.45) is 0. The van der Waals surface area contributed by atoms with Crippen molar-refractivity contribution in [3.05, 3.63) is 44.8 Å². The second-order valence-corrected chi connectivity index (χ2v) is 4.46. The first-order valence-corrected chi connectivity index (χ1v) is 5.41. The Labute approximate surface area is 96.2 Å². The molecular formula is C10H4Br2F2. The average molecular weight is 322 g/mol. The third-order valence-electron chi connectivity index (χ3n) is 1.95. The van der Waals surface area contributed by atoms with Crippen molar-refractivity contribution in [2.75, 3.05) is 0 Å². The van der Waals surface area contributed by atoms with E-state index in [9.17, 15) is 8.78 Å². The molecule has 4 heteroatoms. The van der Waals surface area contributed by atoms with Crippen LogP contribution >= 0.6 is 31.9 Å². The van der Waals surface area contributed by atoms with Gasteiger partial charge in [-0.15, -0.1) is 0 Å². The topological polar surface area (TPSA) is 0 Å². The van der Waals surface area contributed by atoms with Gasteiger partial charge in [-0.2, -0.15) is 0 Å². The minimum absolute atomic E-state index is 0.287. The van der Waals surface area contributed by atoms with Gasteiger partial charge >= 0.3 is 0 Å². The van der Waals surface area contributed by atoms with Gasteiger partial charge in [0, 0.05) is 21.3 Å². The molecule has 2 rings (SSSR count). The summed E-state index contributed by atoms with van der Waals surface area (Å²) in [6.45, 7) is 0. The Bertz CT molecular complexity index is 509. The fraction of sp³-hybridized carbons (Fsp3) is 0. The highest BCUT2D eigenvalue weighted by molar-refractivity contribution is 9.11. The van der Waals surface area contributed by atoms with E-state index in [4.69, 9.17) is 0 Å². The van der Waals surface area contributed by atoms with Crippen LogP contribution in [0.3, 0.4) is 0 Å². The van der Waals surface area contributed by atoms with Crippen LogP contribution < -0.4 is 0 Å². The maximum absolute atomic E-state index is 13.4. The lowest BCUT2D eigenvalue weighted by Gasteiger charge is -2.05. The van der Waals surface area contributed by atoms with Crippen LogP contribution in [0.4, 0.5) is 8.78 Å². The van der Waals surface area contributed by atoms with E-state index in [2.05, 4.69) is 31.9 Å². The van der Waals surface area contributed by atoms with E-state index in [1.807, 2.05) is 0 Å². The highest BCUT2D eigenvalue weighted by atomic mass is 79.9. The maximum atomic E-state index is 13.4. The minimum atomic E-state index is -0.590. The Morgan fingerprint density at radius 1 is 1.00 bits per heavy atom. The van der Waals surface area contributed by atoms with Crippen LogP contribution in [0, 0.1) is 11.6 Å². The standard InChI is InChI=1S/C10H4Br2F2/c11-6-3-1-2-5-9(6)7(13)4-8(14)10(5)12/h1-4H. The molecule has 0 aliphatic carbocycles. The largest absolute Gasteiger partial charge is 0.206 e. The molecule has 0 radical (unpaired) electrons. The number of halogens is 4. The molecule has 0 bridgehead atoms. The monoisotopic (exact) mass is 320 g/mol. The van der Waals surface area contributed by atoms with Crippen molar-refractivity contribution in [2.24, 2.45) is 0 Å². The molecule has 0 N–H and O–H groups in total. The summed E-state index contributed by atoms with van der Waals surface area (Å²) in [6, 6.07) is 5.99. The zero-order valence-corrected chi connectivity index (χ0v) is 9.99. The summed E-state index contributed by atoms with van der Waals surface area (Å²) in [5.41, 5.74) is 0. The lowest BCUT2D eigenvalue weighted by atomic mass is 10.1. The van der Waals surface area contributed by atoms with E-state index < -0.39 is 11.6 Å². The van der Waals surface area contributed by atoms with Crippen molar-refractivity contribution in [1.29, 1.82) is 0 Å². The van der Waals surface area contributed by atoms with Crippen LogP contribution in [-0.4, -0.2) is 0 Å². The normalized spacial score (nSPS) is 10.9. The van der Waals surface area contributed by atoms with Crippen LogP contribution in [0.5, 0.6) is 0 Å². The summed E-state index contributed by atoms with van der Waals surface area (Å²) >= 11 is 6.31. The molecule has 0 fully saturated rings. The molecule has 0 heterocycles. The molecule has 0 unspecified atom stereocenters. The SMILES string of the molecule is Fc1cc(F)c2c(Br)cccc2c1Br. The zero-order valence-electron chi connectivity index (χ0n) is 6.82. The van der Waals surface area contributed by atoms with Crippen LogP contribution in [0.1, 0.15) is 0 Å². The maximum Gasteiger partial charge on any atom is 0.140 e. The molecule has 0 saturated carbocycles. The van der Waals surface area contributed by atoms with Gasteiger partial charge in [0.05, 0.1) is 4.47 Å². The highest BCUT2D eigenvalue weighted by Crippen LogP contribution is 2.33. The number of fused-ring (bicyclic) bond motifs is 1. The van der Waals surface area contributed by atoms with Crippen LogP contribution in [-0.2, 0) is 0 Å². The minimum Gasteiger partial charge on any atom is -0.206 e. The smallest absolute Gasteiger partial charge is 0.140 e. The summed E-state index contributed by atoms with van der Waals surface area (Å²) < 4.78 is 27.4. The molecule has 0 nitrogen and oxygen atoms in total. The summed E-state index contributed by atoms with van der Waals surface area (Å²) in [7, 11) is 0. The Morgan fingerprint density at radius 2 is 1.71 bits per heavy atom. The van der Waals surface area contributed by atoms with E-state index in [0.717, 1.165) is 6.07 Å². The number of benzene rings is 2. The van der Waals surface area contributed by atoms with Crippen molar-refractivity contribution in [3.8, 4) is 0 Å². The molecule has 0 spiro atoms. The molecule has 0 atom stereocenters. The van der Waals surface area contributed by atoms with Crippen LogP contribution in [0.25, 0.3) is 10.8 Å². The third-order valence-corrected chi connectivity index (χ3v) is 3.42. The molecular weight excluding hydrogens is 318 g/mol. The molecule has 0 aliphatic heterocycles. The van der Waals surface area contributed by atoms with Gasteiger partial charge in [-0.05, 0) is 22.0 Å². The molecule has 72 valence electrons. The Hall–Kier alpha value is -0.480. The molecule has 2 aromatic rings. The second-order valence-electron chi connectivity index (χ2n) is 2.82. The molecule has 0 aromatic heterocycles. The number of hydrogen-bond donors (Lipinski definition) is 0. The Morgan fingerprint density at radius 3 is 2.43 bits per heavy atom. The number of rotatable bonds is 0. The number of hydrogen-bond acceptors (Lipinski definition) is 0. The van der Waals surface area contributed by atoms with Gasteiger partial charge in [0.15, 0.2) is 0 Å². The first kappa shape index (κ1) is 10.1. The third kappa shape index (κ3) is 1.46. The van der Waals surface area contributed by atoms with Gasteiger partial charge in [0.25, 0.3) is 0 Å². The lowest BCUT2D eigenvalue weighted by Crippen LogP contribution is -1.87. The van der Waals surface area contributed by atoms with Gasteiger partial charge in [-0.25, -0.2) is 8.78 Å². The predicted octanol–water partition coefficient (Wildman–Crippen LogP) is 4.64. The lowest BCUT2D eigenvalue weighted by molar-refractivity contribution is 0.587. The molecule has 0 aliphatic rings. The Kier molecular flexibility index (Phi) is 2.58. The van der Waals surface area contributed by atoms with E-state index in [1.54, 1.807) is 18.2 Å². The van der Waals surface area contributed by atoms with Crippen molar-refractivity contribution in [2.45, 2.75) is 0 Å². The van der Waals surface area contributed by atoms with E-state index in [-0.39, 0.29) is 4.47 Å². The van der Waals surface area contributed by atoms with Crippen molar-refractivity contribution >= 4 is 42.6 Å².